The minimum absolute atomic E-state index is 0.217. The van der Waals surface area contributed by atoms with E-state index in [0.29, 0.717) is 23.0 Å². The Hall–Kier alpha value is -4.47. The van der Waals surface area contributed by atoms with Crippen molar-refractivity contribution in [1.29, 1.82) is 0 Å². The summed E-state index contributed by atoms with van der Waals surface area (Å²) in [5, 5.41) is 9.26. The molecule has 10 heteroatoms. The van der Waals surface area contributed by atoms with Crippen molar-refractivity contribution in [2.45, 2.75) is 13.6 Å². The van der Waals surface area contributed by atoms with E-state index in [2.05, 4.69) is 5.10 Å². The highest BCUT2D eigenvalue weighted by Crippen LogP contribution is 2.38. The fourth-order valence-electron chi connectivity index (χ4n) is 4.05. The topological polar surface area (TPSA) is 98.9 Å². The Morgan fingerprint density at radius 1 is 0.778 bits per heavy atom. The molecule has 2 aromatic carbocycles. The summed E-state index contributed by atoms with van der Waals surface area (Å²) >= 11 is 0. The maximum atomic E-state index is 11.9. The fraction of sp³-hybridized carbons (Fsp3) is 0.269. The molecule has 4 rings (SSSR count). The second-order valence-electron chi connectivity index (χ2n) is 7.83. The van der Waals surface area contributed by atoms with Crippen LogP contribution in [0, 0.1) is 6.92 Å². The Balaban J connectivity index is 1.86. The molecule has 4 aromatic rings. The predicted molar refractivity (Wildman–Crippen MR) is 133 cm³/mol. The first-order valence-electron chi connectivity index (χ1n) is 11.1. The van der Waals surface area contributed by atoms with Crippen molar-refractivity contribution in [2.75, 3.05) is 35.5 Å². The lowest BCUT2D eigenvalue weighted by atomic mass is 10.0. The van der Waals surface area contributed by atoms with Gasteiger partial charge in [-0.2, -0.15) is 10.2 Å². The van der Waals surface area contributed by atoms with E-state index in [4.69, 9.17) is 28.8 Å². The summed E-state index contributed by atoms with van der Waals surface area (Å²) in [6.45, 7) is 2.26. The number of hydrogen-bond acceptors (Lipinski definition) is 8. The second kappa shape index (κ2) is 10.4. The third-order valence-electron chi connectivity index (χ3n) is 5.82. The van der Waals surface area contributed by atoms with Gasteiger partial charge in [-0.25, -0.2) is 9.48 Å². The van der Waals surface area contributed by atoms with Crippen LogP contribution >= 0.6 is 0 Å². The average Bonchev–Trinajstić information content (AvgIpc) is 3.51. The Labute approximate surface area is 208 Å². The Bertz CT molecular complexity index is 1390. The van der Waals surface area contributed by atoms with Crippen LogP contribution in [0.4, 0.5) is 0 Å². The zero-order chi connectivity index (χ0) is 25.8. The monoisotopic (exact) mass is 492 g/mol. The van der Waals surface area contributed by atoms with E-state index in [1.165, 1.54) is 7.11 Å². The molecule has 0 spiro atoms. The molecule has 2 heterocycles. The van der Waals surface area contributed by atoms with Crippen LogP contribution in [-0.4, -0.2) is 61.1 Å². The van der Waals surface area contributed by atoms with Crippen molar-refractivity contribution >= 4 is 5.97 Å². The van der Waals surface area contributed by atoms with Crippen molar-refractivity contribution in [3.05, 3.63) is 59.9 Å². The Morgan fingerprint density at radius 3 is 1.94 bits per heavy atom. The van der Waals surface area contributed by atoms with Gasteiger partial charge in [-0.3, -0.25) is 4.68 Å². The molecule has 2 aromatic heterocycles. The Kier molecular flexibility index (Phi) is 7.14. The molecule has 0 saturated heterocycles. The zero-order valence-corrected chi connectivity index (χ0v) is 21.1. The molecule has 0 aliphatic carbocycles. The second-order valence-corrected chi connectivity index (χ2v) is 7.83. The quantitative estimate of drug-likeness (QED) is 0.323. The van der Waals surface area contributed by atoms with Gasteiger partial charge in [-0.1, -0.05) is 0 Å². The van der Waals surface area contributed by atoms with Gasteiger partial charge in [0.25, 0.3) is 0 Å². The summed E-state index contributed by atoms with van der Waals surface area (Å²) < 4.78 is 30.1. The van der Waals surface area contributed by atoms with E-state index in [9.17, 15) is 4.79 Å². The molecule has 188 valence electrons. The normalized spacial score (nSPS) is 10.7. The first kappa shape index (κ1) is 24.6. The highest BCUT2D eigenvalue weighted by Gasteiger charge is 2.21. The molecule has 0 atom stereocenters. The molecule has 0 radical (unpaired) electrons. The van der Waals surface area contributed by atoms with Gasteiger partial charge in [0.05, 0.1) is 46.9 Å². The fourth-order valence-corrected chi connectivity index (χ4v) is 4.05. The van der Waals surface area contributed by atoms with E-state index >= 15 is 0 Å². The molecule has 0 N–H and O–H groups in total. The molecular formula is C26H28N4O6. The third kappa shape index (κ3) is 4.57. The number of aromatic nitrogens is 4. The number of esters is 1. The number of rotatable bonds is 9. The summed E-state index contributed by atoms with van der Waals surface area (Å²) in [6.07, 6.45) is 1.71. The van der Waals surface area contributed by atoms with E-state index in [-0.39, 0.29) is 12.4 Å². The van der Waals surface area contributed by atoms with E-state index < -0.39 is 5.97 Å². The third-order valence-corrected chi connectivity index (χ3v) is 5.82. The Morgan fingerprint density at radius 2 is 1.36 bits per heavy atom. The molecule has 10 nitrogen and oxygen atoms in total. The number of ether oxygens (including phenoxy) is 5. The highest BCUT2D eigenvalue weighted by atomic mass is 16.5. The van der Waals surface area contributed by atoms with Crippen LogP contribution in [0.1, 0.15) is 16.1 Å². The maximum absolute atomic E-state index is 11.9. The number of nitrogens with zero attached hydrogens (tertiary/aromatic N) is 4. The first-order valence-corrected chi connectivity index (χ1v) is 11.1. The van der Waals surface area contributed by atoms with Crippen LogP contribution in [0.15, 0.2) is 48.7 Å². The molecule has 0 saturated carbocycles. The molecule has 0 amide bonds. The molecule has 0 bridgehead atoms. The summed E-state index contributed by atoms with van der Waals surface area (Å²) in [5.41, 5.74) is 4.52. The number of carbonyl (C=O) groups excluding carboxylic acids is 1. The molecule has 0 aliphatic rings. The van der Waals surface area contributed by atoms with E-state index in [1.807, 2.05) is 48.0 Å². The summed E-state index contributed by atoms with van der Waals surface area (Å²) in [5.74, 6) is 1.95. The van der Waals surface area contributed by atoms with Gasteiger partial charge in [-0.15, -0.1) is 0 Å². The molecule has 0 fully saturated rings. The predicted octanol–water partition coefficient (Wildman–Crippen LogP) is 4.05. The van der Waals surface area contributed by atoms with Crippen LogP contribution in [0.5, 0.6) is 23.0 Å². The van der Waals surface area contributed by atoms with Crippen molar-refractivity contribution in [1.82, 2.24) is 19.6 Å². The molecule has 36 heavy (non-hydrogen) atoms. The van der Waals surface area contributed by atoms with Crippen LogP contribution in [-0.2, 0) is 11.4 Å². The largest absolute Gasteiger partial charge is 0.493 e. The zero-order valence-electron chi connectivity index (χ0n) is 21.1. The first-order chi connectivity index (χ1) is 17.4. The molecule has 0 unspecified atom stereocenters. The van der Waals surface area contributed by atoms with Crippen molar-refractivity contribution in [3.8, 4) is 45.5 Å². The van der Waals surface area contributed by atoms with Gasteiger partial charge in [-0.05, 0) is 49.4 Å². The van der Waals surface area contributed by atoms with Crippen LogP contribution < -0.4 is 18.9 Å². The summed E-state index contributed by atoms with van der Waals surface area (Å²) in [6, 6.07) is 13.0. The van der Waals surface area contributed by atoms with Crippen molar-refractivity contribution < 1.29 is 28.5 Å². The number of benzene rings is 2. The van der Waals surface area contributed by atoms with Crippen LogP contribution in [0.3, 0.4) is 0 Å². The van der Waals surface area contributed by atoms with Gasteiger partial charge >= 0.3 is 5.97 Å². The lowest BCUT2D eigenvalue weighted by Gasteiger charge is -2.12. The number of carbonyl (C=O) groups is 1. The minimum atomic E-state index is -0.503. The van der Waals surface area contributed by atoms with Crippen LogP contribution in [0.25, 0.3) is 22.5 Å². The summed E-state index contributed by atoms with van der Waals surface area (Å²) in [4.78, 5) is 11.9. The SMILES string of the molecule is COC(=O)c1ccn(Cn2nc(-c3ccc(OC)c(OC)c3)c(C)c2-c2ccc(OC)c(OC)c2)n1. The average molecular weight is 493 g/mol. The lowest BCUT2D eigenvalue weighted by Crippen LogP contribution is -2.13. The van der Waals surface area contributed by atoms with Gasteiger partial charge in [0, 0.05) is 22.9 Å². The van der Waals surface area contributed by atoms with E-state index in [0.717, 1.165) is 28.1 Å². The summed E-state index contributed by atoms with van der Waals surface area (Å²) in [7, 11) is 7.71. The van der Waals surface area contributed by atoms with Crippen molar-refractivity contribution in [3.63, 3.8) is 0 Å². The number of methoxy groups -OCH3 is 5. The maximum Gasteiger partial charge on any atom is 0.358 e. The molecule has 0 aliphatic heterocycles. The van der Waals surface area contributed by atoms with Gasteiger partial charge < -0.3 is 23.7 Å². The molecular weight excluding hydrogens is 464 g/mol. The minimum Gasteiger partial charge on any atom is -0.493 e. The van der Waals surface area contributed by atoms with E-state index in [1.54, 1.807) is 45.4 Å². The standard InChI is InChI=1S/C26H28N4O6/c1-16-24(17-7-9-20(32-2)22(13-17)34-4)28-30(15-29-12-11-19(27-29)26(31)36-6)25(16)18-8-10-21(33-3)23(14-18)35-5/h7-14H,15H2,1-6H3. The van der Waals surface area contributed by atoms with Crippen molar-refractivity contribution in [2.24, 2.45) is 0 Å². The smallest absolute Gasteiger partial charge is 0.358 e. The van der Waals surface area contributed by atoms with Gasteiger partial charge in [0.2, 0.25) is 0 Å². The number of hydrogen-bond donors (Lipinski definition) is 0. The van der Waals surface area contributed by atoms with Gasteiger partial charge in [0.15, 0.2) is 28.7 Å². The van der Waals surface area contributed by atoms with Gasteiger partial charge in [0.1, 0.15) is 6.67 Å². The highest BCUT2D eigenvalue weighted by molar-refractivity contribution is 5.86. The van der Waals surface area contributed by atoms with Crippen LogP contribution in [0.2, 0.25) is 0 Å². The lowest BCUT2D eigenvalue weighted by molar-refractivity contribution is 0.0593.